The molecule has 1 unspecified atom stereocenters. The van der Waals surface area contributed by atoms with Gasteiger partial charge in [-0.2, -0.15) is 5.10 Å². The van der Waals surface area contributed by atoms with Crippen molar-refractivity contribution in [3.05, 3.63) is 18.0 Å². The highest BCUT2D eigenvalue weighted by Gasteiger charge is 2.23. The Bertz CT molecular complexity index is 379. The third-order valence-corrected chi connectivity index (χ3v) is 1.92. The van der Waals surface area contributed by atoms with Gasteiger partial charge in [0.25, 0.3) is 0 Å². The number of carbonyl (C=O) groups excluding carboxylic acids is 1. The average molecular weight is 178 g/mol. The van der Waals surface area contributed by atoms with E-state index in [1.165, 1.54) is 0 Å². The predicted molar refractivity (Wildman–Crippen MR) is 47.3 cm³/mol. The van der Waals surface area contributed by atoms with Gasteiger partial charge < -0.3 is 5.32 Å². The molecule has 1 aromatic heterocycles. The zero-order chi connectivity index (χ0) is 9.42. The van der Waals surface area contributed by atoms with E-state index in [1.54, 1.807) is 17.8 Å². The summed E-state index contributed by atoms with van der Waals surface area (Å²) in [5, 5.41) is 6.69. The van der Waals surface area contributed by atoms with Crippen LogP contribution in [0.15, 0.2) is 17.4 Å². The molecule has 0 fully saturated rings. The molecule has 1 amide bonds. The lowest BCUT2D eigenvalue weighted by molar-refractivity contribution is -0.119. The van der Waals surface area contributed by atoms with Gasteiger partial charge in [0, 0.05) is 13.2 Å². The van der Waals surface area contributed by atoms with Crippen molar-refractivity contribution in [1.82, 2.24) is 15.1 Å². The first kappa shape index (κ1) is 7.97. The molecule has 0 saturated heterocycles. The Labute approximate surface area is 75.5 Å². The van der Waals surface area contributed by atoms with Crippen molar-refractivity contribution >= 4 is 11.7 Å². The summed E-state index contributed by atoms with van der Waals surface area (Å²) < 4.78 is 1.67. The molecule has 1 N–H and O–H groups in total. The molecule has 0 aliphatic carbocycles. The number of aromatic nitrogens is 2. The molecule has 0 aromatic carbocycles. The molecule has 0 spiro atoms. The van der Waals surface area contributed by atoms with Crippen molar-refractivity contribution in [3.63, 3.8) is 0 Å². The summed E-state index contributed by atoms with van der Waals surface area (Å²) in [7, 11) is 1.82. The van der Waals surface area contributed by atoms with Crippen LogP contribution in [-0.2, 0) is 11.8 Å². The molecule has 68 valence electrons. The van der Waals surface area contributed by atoms with E-state index in [0.717, 1.165) is 5.56 Å². The lowest BCUT2D eigenvalue weighted by atomic mass is 10.3. The molecule has 1 aliphatic rings. The number of aliphatic imine (C=N–C) groups is 1. The van der Waals surface area contributed by atoms with Crippen LogP contribution < -0.4 is 5.32 Å². The van der Waals surface area contributed by atoms with Crippen molar-refractivity contribution in [2.45, 2.75) is 13.0 Å². The molecule has 0 saturated carbocycles. The molecule has 1 atom stereocenters. The Kier molecular flexibility index (Phi) is 1.65. The number of hydrogen-bond donors (Lipinski definition) is 1. The number of carbonyl (C=O) groups is 1. The Morgan fingerprint density at radius 3 is 2.85 bits per heavy atom. The van der Waals surface area contributed by atoms with E-state index < -0.39 is 0 Å². The second kappa shape index (κ2) is 2.69. The SMILES string of the molecule is CC1N=C(c2cnn(C)c2)NC1=O. The van der Waals surface area contributed by atoms with Gasteiger partial charge in [0.2, 0.25) is 5.91 Å². The van der Waals surface area contributed by atoms with Crippen molar-refractivity contribution in [3.8, 4) is 0 Å². The lowest BCUT2D eigenvalue weighted by Crippen LogP contribution is -2.27. The topological polar surface area (TPSA) is 59.3 Å². The molecule has 1 aliphatic heterocycles. The van der Waals surface area contributed by atoms with Gasteiger partial charge in [-0.15, -0.1) is 0 Å². The van der Waals surface area contributed by atoms with Crippen molar-refractivity contribution < 1.29 is 4.79 Å². The van der Waals surface area contributed by atoms with E-state index in [-0.39, 0.29) is 11.9 Å². The van der Waals surface area contributed by atoms with Crippen LogP contribution in [0, 0.1) is 0 Å². The average Bonchev–Trinajstić information content (AvgIpc) is 2.61. The fourth-order valence-electron chi connectivity index (χ4n) is 1.20. The Balaban J connectivity index is 2.29. The van der Waals surface area contributed by atoms with Crippen LogP contribution in [0.25, 0.3) is 0 Å². The first-order valence-corrected chi connectivity index (χ1v) is 4.04. The van der Waals surface area contributed by atoms with Crippen LogP contribution in [0.5, 0.6) is 0 Å². The van der Waals surface area contributed by atoms with Crippen LogP contribution in [0.4, 0.5) is 0 Å². The fourth-order valence-corrected chi connectivity index (χ4v) is 1.20. The Hall–Kier alpha value is -1.65. The number of nitrogens with one attached hydrogen (secondary N) is 1. The van der Waals surface area contributed by atoms with E-state index >= 15 is 0 Å². The van der Waals surface area contributed by atoms with Gasteiger partial charge in [-0.05, 0) is 6.92 Å². The molecular weight excluding hydrogens is 168 g/mol. The molecule has 5 heteroatoms. The standard InChI is InChI=1S/C8H10N4O/c1-5-8(13)11-7(10-5)6-3-9-12(2)4-6/h3-5H,1-2H3,(H,10,11,13). The molecule has 1 aromatic rings. The van der Waals surface area contributed by atoms with Gasteiger partial charge in [0.15, 0.2) is 0 Å². The van der Waals surface area contributed by atoms with E-state index in [9.17, 15) is 4.79 Å². The summed E-state index contributed by atoms with van der Waals surface area (Å²) in [6.45, 7) is 1.76. The van der Waals surface area contributed by atoms with E-state index in [4.69, 9.17) is 0 Å². The number of nitrogens with zero attached hydrogens (tertiary/aromatic N) is 3. The highest BCUT2D eigenvalue weighted by atomic mass is 16.2. The van der Waals surface area contributed by atoms with E-state index in [1.807, 2.05) is 13.2 Å². The minimum absolute atomic E-state index is 0.0566. The maximum atomic E-state index is 11.1. The van der Waals surface area contributed by atoms with Crippen LogP contribution in [0.3, 0.4) is 0 Å². The summed E-state index contributed by atoms with van der Waals surface area (Å²) >= 11 is 0. The summed E-state index contributed by atoms with van der Waals surface area (Å²) in [5.41, 5.74) is 0.847. The summed E-state index contributed by atoms with van der Waals surface area (Å²) in [4.78, 5) is 15.3. The largest absolute Gasteiger partial charge is 0.309 e. The molecule has 2 heterocycles. The molecule has 0 bridgehead atoms. The normalized spacial score (nSPS) is 21.5. The number of hydrogen-bond acceptors (Lipinski definition) is 3. The van der Waals surface area contributed by atoms with Crippen LogP contribution in [0.2, 0.25) is 0 Å². The third-order valence-electron chi connectivity index (χ3n) is 1.92. The second-order valence-corrected chi connectivity index (χ2v) is 3.05. The zero-order valence-electron chi connectivity index (χ0n) is 7.48. The fraction of sp³-hybridized carbons (Fsp3) is 0.375. The third kappa shape index (κ3) is 1.32. The van der Waals surface area contributed by atoms with E-state index in [2.05, 4.69) is 15.4 Å². The van der Waals surface area contributed by atoms with Crippen molar-refractivity contribution in [1.29, 1.82) is 0 Å². The van der Waals surface area contributed by atoms with Crippen LogP contribution in [0.1, 0.15) is 12.5 Å². The van der Waals surface area contributed by atoms with Gasteiger partial charge in [-0.3, -0.25) is 14.5 Å². The van der Waals surface area contributed by atoms with Crippen molar-refractivity contribution in [2.24, 2.45) is 12.0 Å². The Morgan fingerprint density at radius 1 is 1.62 bits per heavy atom. The van der Waals surface area contributed by atoms with Gasteiger partial charge in [0.05, 0.1) is 11.8 Å². The summed E-state index contributed by atoms with van der Waals surface area (Å²) in [6, 6.07) is -0.282. The number of amidine groups is 1. The lowest BCUT2D eigenvalue weighted by Gasteiger charge is -1.94. The summed E-state index contributed by atoms with van der Waals surface area (Å²) in [5.74, 6) is 0.560. The molecule has 13 heavy (non-hydrogen) atoms. The Morgan fingerprint density at radius 2 is 2.38 bits per heavy atom. The quantitative estimate of drug-likeness (QED) is 0.641. The van der Waals surface area contributed by atoms with Gasteiger partial charge in [0.1, 0.15) is 11.9 Å². The molecule has 2 rings (SSSR count). The van der Waals surface area contributed by atoms with Crippen LogP contribution in [-0.4, -0.2) is 27.6 Å². The van der Waals surface area contributed by atoms with Gasteiger partial charge in [-0.1, -0.05) is 0 Å². The highest BCUT2D eigenvalue weighted by Crippen LogP contribution is 2.06. The molecule has 0 radical (unpaired) electrons. The molecular formula is C8H10N4O. The first-order chi connectivity index (χ1) is 6.16. The minimum atomic E-state index is -0.282. The minimum Gasteiger partial charge on any atom is -0.309 e. The van der Waals surface area contributed by atoms with Crippen molar-refractivity contribution in [2.75, 3.05) is 0 Å². The molecule has 5 nitrogen and oxygen atoms in total. The first-order valence-electron chi connectivity index (χ1n) is 4.04. The van der Waals surface area contributed by atoms with E-state index in [0.29, 0.717) is 5.84 Å². The monoisotopic (exact) mass is 178 g/mol. The number of amides is 1. The summed E-state index contributed by atoms with van der Waals surface area (Å²) in [6.07, 6.45) is 3.49. The van der Waals surface area contributed by atoms with Gasteiger partial charge in [-0.25, -0.2) is 0 Å². The maximum absolute atomic E-state index is 11.1. The zero-order valence-corrected chi connectivity index (χ0v) is 7.48. The number of rotatable bonds is 1. The number of aryl methyl sites for hydroxylation is 1. The second-order valence-electron chi connectivity index (χ2n) is 3.05. The maximum Gasteiger partial charge on any atom is 0.250 e. The predicted octanol–water partition coefficient (Wildman–Crippen LogP) is -0.315. The van der Waals surface area contributed by atoms with Crippen LogP contribution >= 0.6 is 0 Å². The highest BCUT2D eigenvalue weighted by molar-refractivity contribution is 6.13. The van der Waals surface area contributed by atoms with Gasteiger partial charge >= 0.3 is 0 Å². The smallest absolute Gasteiger partial charge is 0.250 e.